The van der Waals surface area contributed by atoms with Crippen LogP contribution in [0, 0.1) is 0 Å². The molecule has 0 aromatic carbocycles. The third-order valence-corrected chi connectivity index (χ3v) is 5.84. The van der Waals surface area contributed by atoms with Crippen molar-refractivity contribution in [3.63, 3.8) is 0 Å². The maximum atomic E-state index is 6.42. The molecule has 0 amide bonds. The fourth-order valence-electron chi connectivity index (χ4n) is 2.51. The first-order chi connectivity index (χ1) is 10.2. The summed E-state index contributed by atoms with van der Waals surface area (Å²) in [6, 6.07) is 4.57. The molecule has 6 heteroatoms. The van der Waals surface area contributed by atoms with E-state index < -0.39 is 0 Å². The molecule has 0 saturated carbocycles. The van der Waals surface area contributed by atoms with Gasteiger partial charge in [-0.15, -0.1) is 22.7 Å². The van der Waals surface area contributed by atoms with E-state index in [1.807, 2.05) is 16.0 Å². The summed E-state index contributed by atoms with van der Waals surface area (Å²) in [6.45, 7) is 6.06. The monoisotopic (exact) mass is 339 g/mol. The van der Waals surface area contributed by atoms with Crippen LogP contribution in [0.1, 0.15) is 36.9 Å². The fourth-order valence-corrected chi connectivity index (χ4v) is 4.96. The zero-order valence-corrected chi connectivity index (χ0v) is 14.5. The van der Waals surface area contributed by atoms with E-state index in [-0.39, 0.29) is 6.04 Å². The molecular formula is C15H18ClN3S2. The summed E-state index contributed by atoms with van der Waals surface area (Å²) < 4.78 is 4.72. The number of aryl methyl sites for hydroxylation is 1. The normalized spacial score (nSPS) is 13.1. The highest BCUT2D eigenvalue weighted by molar-refractivity contribution is 7.27. The third kappa shape index (κ3) is 2.88. The molecule has 21 heavy (non-hydrogen) atoms. The second-order valence-corrected chi connectivity index (χ2v) is 7.36. The van der Waals surface area contributed by atoms with Gasteiger partial charge in [-0.05, 0) is 30.5 Å². The molecule has 3 nitrogen and oxygen atoms in total. The van der Waals surface area contributed by atoms with E-state index in [9.17, 15) is 0 Å². The Balaban J connectivity index is 2.05. The van der Waals surface area contributed by atoms with Gasteiger partial charge in [0.15, 0.2) is 0 Å². The summed E-state index contributed by atoms with van der Waals surface area (Å²) in [6.07, 6.45) is 2.80. The van der Waals surface area contributed by atoms with Gasteiger partial charge in [0.1, 0.15) is 0 Å². The van der Waals surface area contributed by atoms with E-state index in [2.05, 4.69) is 41.8 Å². The lowest BCUT2D eigenvalue weighted by atomic mass is 10.1. The van der Waals surface area contributed by atoms with Crippen molar-refractivity contribution in [2.45, 2.75) is 32.9 Å². The molecule has 112 valence electrons. The zero-order valence-electron chi connectivity index (χ0n) is 12.1. The Morgan fingerprint density at radius 2 is 2.24 bits per heavy atom. The average Bonchev–Trinajstić information content (AvgIpc) is 3.12. The number of hydrogen-bond acceptors (Lipinski definition) is 4. The number of rotatable bonds is 6. The van der Waals surface area contributed by atoms with Crippen LogP contribution in [0.5, 0.6) is 0 Å². The number of nitrogens with zero attached hydrogens (tertiary/aromatic N) is 2. The topological polar surface area (TPSA) is 29.9 Å². The van der Waals surface area contributed by atoms with Crippen molar-refractivity contribution in [3.05, 3.63) is 39.3 Å². The highest BCUT2D eigenvalue weighted by atomic mass is 35.5. The van der Waals surface area contributed by atoms with Gasteiger partial charge in [0, 0.05) is 20.8 Å². The van der Waals surface area contributed by atoms with Gasteiger partial charge in [-0.25, -0.2) is 0 Å². The average molecular weight is 340 g/mol. The molecule has 0 aliphatic carbocycles. The zero-order chi connectivity index (χ0) is 14.8. The Morgan fingerprint density at radius 3 is 2.95 bits per heavy atom. The van der Waals surface area contributed by atoms with E-state index in [4.69, 9.17) is 11.6 Å². The minimum absolute atomic E-state index is 0.112. The molecule has 0 fully saturated rings. The number of thiophene rings is 2. The van der Waals surface area contributed by atoms with Crippen LogP contribution in [0.25, 0.3) is 9.40 Å². The van der Waals surface area contributed by atoms with E-state index in [0.29, 0.717) is 0 Å². The van der Waals surface area contributed by atoms with Crippen molar-refractivity contribution >= 4 is 43.7 Å². The van der Waals surface area contributed by atoms with Crippen LogP contribution in [0.4, 0.5) is 0 Å². The fraction of sp³-hybridized carbons (Fsp3) is 0.400. The predicted octanol–water partition coefficient (Wildman–Crippen LogP) is 4.92. The lowest BCUT2D eigenvalue weighted by Crippen LogP contribution is -2.24. The summed E-state index contributed by atoms with van der Waals surface area (Å²) in [4.78, 5) is 1.30. The van der Waals surface area contributed by atoms with E-state index in [1.54, 1.807) is 17.5 Å². The lowest BCUT2D eigenvalue weighted by molar-refractivity contribution is 0.524. The highest BCUT2D eigenvalue weighted by Crippen LogP contribution is 2.37. The lowest BCUT2D eigenvalue weighted by Gasteiger charge is -2.18. The smallest absolute Gasteiger partial charge is 0.0857 e. The van der Waals surface area contributed by atoms with Crippen LogP contribution in [0.2, 0.25) is 5.02 Å². The number of halogens is 1. The SMILES string of the molecule is CCCn1ncc(Cl)c1C(NCC)c1cc2sccc2s1. The summed E-state index contributed by atoms with van der Waals surface area (Å²) in [5.74, 6) is 0. The summed E-state index contributed by atoms with van der Waals surface area (Å²) in [5.41, 5.74) is 1.08. The molecule has 3 heterocycles. The van der Waals surface area contributed by atoms with Crippen LogP contribution in [-0.4, -0.2) is 16.3 Å². The summed E-state index contributed by atoms with van der Waals surface area (Å²) >= 11 is 10.0. The van der Waals surface area contributed by atoms with E-state index in [1.165, 1.54) is 14.3 Å². The number of hydrogen-bond donors (Lipinski definition) is 1. The van der Waals surface area contributed by atoms with Crippen LogP contribution in [0.3, 0.4) is 0 Å². The Hall–Kier alpha value is -0.880. The molecule has 3 rings (SSSR count). The Bertz CT molecular complexity index is 700. The standard InChI is InChI=1S/C15H18ClN3S2/c1-3-6-19-15(10(16)9-18-19)14(17-4-2)13-8-12-11(21-13)5-7-20-12/h5,7-9,14,17H,3-4,6H2,1-2H3. The molecule has 3 aromatic rings. The minimum Gasteiger partial charge on any atom is -0.305 e. The molecule has 0 aliphatic heterocycles. The second-order valence-electron chi connectivity index (χ2n) is 4.89. The molecule has 0 saturated heterocycles. The van der Waals surface area contributed by atoms with Crippen molar-refractivity contribution in [2.75, 3.05) is 6.54 Å². The van der Waals surface area contributed by atoms with Gasteiger partial charge in [-0.2, -0.15) is 5.10 Å². The first-order valence-electron chi connectivity index (χ1n) is 7.16. The Morgan fingerprint density at radius 1 is 1.38 bits per heavy atom. The van der Waals surface area contributed by atoms with E-state index >= 15 is 0 Å². The molecule has 1 atom stereocenters. The second kappa shape index (κ2) is 6.48. The summed E-state index contributed by atoms with van der Waals surface area (Å²) in [7, 11) is 0. The first-order valence-corrected chi connectivity index (χ1v) is 9.23. The maximum absolute atomic E-state index is 6.42. The van der Waals surface area contributed by atoms with Crippen molar-refractivity contribution < 1.29 is 0 Å². The Kier molecular flexibility index (Phi) is 4.64. The maximum Gasteiger partial charge on any atom is 0.0857 e. The molecular weight excluding hydrogens is 322 g/mol. The van der Waals surface area contributed by atoms with Crippen LogP contribution < -0.4 is 5.32 Å². The molecule has 0 radical (unpaired) electrons. The van der Waals surface area contributed by atoms with Gasteiger partial charge in [-0.1, -0.05) is 25.4 Å². The Labute approximate surface area is 137 Å². The predicted molar refractivity (Wildman–Crippen MR) is 92.7 cm³/mol. The molecule has 3 aromatic heterocycles. The molecule has 1 N–H and O–H groups in total. The number of fused-ring (bicyclic) bond motifs is 1. The van der Waals surface area contributed by atoms with Crippen molar-refractivity contribution in [1.82, 2.24) is 15.1 Å². The van der Waals surface area contributed by atoms with Gasteiger partial charge < -0.3 is 5.32 Å². The molecule has 0 spiro atoms. The van der Waals surface area contributed by atoms with E-state index in [0.717, 1.165) is 30.2 Å². The quantitative estimate of drug-likeness (QED) is 0.690. The van der Waals surface area contributed by atoms with Crippen LogP contribution in [-0.2, 0) is 6.54 Å². The van der Waals surface area contributed by atoms with Crippen molar-refractivity contribution in [2.24, 2.45) is 0 Å². The van der Waals surface area contributed by atoms with Gasteiger partial charge in [0.25, 0.3) is 0 Å². The first kappa shape index (κ1) is 15.0. The number of nitrogens with one attached hydrogen (secondary N) is 1. The molecule has 0 bridgehead atoms. The summed E-state index contributed by atoms with van der Waals surface area (Å²) in [5, 5.41) is 10.9. The van der Waals surface area contributed by atoms with Gasteiger partial charge in [0.05, 0.1) is 23.0 Å². The van der Waals surface area contributed by atoms with Gasteiger partial charge >= 0.3 is 0 Å². The highest BCUT2D eigenvalue weighted by Gasteiger charge is 2.23. The molecule has 0 aliphatic rings. The largest absolute Gasteiger partial charge is 0.305 e. The molecule has 1 unspecified atom stereocenters. The van der Waals surface area contributed by atoms with Crippen LogP contribution in [0.15, 0.2) is 23.7 Å². The van der Waals surface area contributed by atoms with Crippen LogP contribution >= 0.6 is 34.3 Å². The van der Waals surface area contributed by atoms with Crippen molar-refractivity contribution in [1.29, 1.82) is 0 Å². The van der Waals surface area contributed by atoms with Gasteiger partial charge in [-0.3, -0.25) is 4.68 Å². The number of aromatic nitrogens is 2. The van der Waals surface area contributed by atoms with Crippen molar-refractivity contribution in [3.8, 4) is 0 Å². The minimum atomic E-state index is 0.112. The van der Waals surface area contributed by atoms with Gasteiger partial charge in [0.2, 0.25) is 0 Å². The third-order valence-electron chi connectivity index (χ3n) is 3.39.